The van der Waals surface area contributed by atoms with Crippen LogP contribution in [0.2, 0.25) is 10.0 Å². The minimum atomic E-state index is -0.242. The third kappa shape index (κ3) is 4.69. The van der Waals surface area contributed by atoms with Gasteiger partial charge in [-0.2, -0.15) is 0 Å². The van der Waals surface area contributed by atoms with Gasteiger partial charge in [0.1, 0.15) is 0 Å². The molecule has 0 aromatic heterocycles. The molecule has 2 aliphatic rings. The molecule has 0 spiro atoms. The average molecular weight is 429 g/mol. The van der Waals surface area contributed by atoms with E-state index >= 15 is 0 Å². The van der Waals surface area contributed by atoms with E-state index in [1.165, 1.54) is 18.4 Å². The first-order valence-corrected chi connectivity index (χ1v) is 11.1. The Morgan fingerprint density at radius 1 is 0.966 bits per heavy atom. The van der Waals surface area contributed by atoms with Crippen molar-refractivity contribution >= 4 is 29.1 Å². The zero-order valence-corrected chi connectivity index (χ0v) is 17.9. The summed E-state index contributed by atoms with van der Waals surface area (Å²) in [6, 6.07) is 16.0. The fourth-order valence-electron chi connectivity index (χ4n) is 4.37. The Kier molecular flexibility index (Phi) is 6.59. The number of hydrogen-bond acceptors (Lipinski definition) is 2. The predicted octanol–water partition coefficient (Wildman–Crippen LogP) is 5.70. The van der Waals surface area contributed by atoms with E-state index < -0.39 is 0 Å². The summed E-state index contributed by atoms with van der Waals surface area (Å²) in [6.07, 6.45) is 7.39. The van der Waals surface area contributed by atoms with E-state index in [4.69, 9.17) is 23.2 Å². The highest BCUT2D eigenvalue weighted by Crippen LogP contribution is 2.34. The Hall–Kier alpha value is -1.81. The molecule has 152 valence electrons. The summed E-state index contributed by atoms with van der Waals surface area (Å²) in [5, 5.41) is 1.01. The normalized spacial score (nSPS) is 21.4. The molecule has 2 heterocycles. The molecule has 0 bridgehead atoms. The molecule has 0 N–H and O–H groups in total. The summed E-state index contributed by atoms with van der Waals surface area (Å²) in [5.74, 6) is -0.0882. The summed E-state index contributed by atoms with van der Waals surface area (Å²) in [6.45, 7) is 3.72. The quantitative estimate of drug-likeness (QED) is 0.569. The molecule has 0 saturated carbocycles. The minimum Gasteiger partial charge on any atom is -0.330 e. The maximum absolute atomic E-state index is 13.7. The lowest BCUT2D eigenvalue weighted by atomic mass is 9.93. The second-order valence-corrected chi connectivity index (χ2v) is 8.67. The van der Waals surface area contributed by atoms with Gasteiger partial charge in [0.05, 0.1) is 22.0 Å². The van der Waals surface area contributed by atoms with Gasteiger partial charge in [0.15, 0.2) is 0 Å². The molecule has 0 radical (unpaired) electrons. The van der Waals surface area contributed by atoms with Crippen molar-refractivity contribution in [1.82, 2.24) is 9.80 Å². The third-order valence-electron chi connectivity index (χ3n) is 5.96. The van der Waals surface area contributed by atoms with Gasteiger partial charge < -0.3 is 9.80 Å². The molecule has 2 aliphatic heterocycles. The van der Waals surface area contributed by atoms with Crippen molar-refractivity contribution < 1.29 is 4.79 Å². The number of nitrogens with zero attached hydrogens (tertiary/aromatic N) is 2. The van der Waals surface area contributed by atoms with Crippen molar-refractivity contribution in [2.75, 3.05) is 26.2 Å². The van der Waals surface area contributed by atoms with Crippen molar-refractivity contribution in [1.29, 1.82) is 0 Å². The van der Waals surface area contributed by atoms with Gasteiger partial charge in [-0.15, -0.1) is 0 Å². The van der Waals surface area contributed by atoms with Gasteiger partial charge >= 0.3 is 0 Å². The highest BCUT2D eigenvalue weighted by atomic mass is 35.5. The van der Waals surface area contributed by atoms with Crippen molar-refractivity contribution in [3.63, 3.8) is 0 Å². The molecule has 2 aromatic carbocycles. The maximum atomic E-state index is 13.7. The number of likely N-dealkylation sites (tertiary alicyclic amines) is 1. The van der Waals surface area contributed by atoms with Gasteiger partial charge in [0, 0.05) is 13.1 Å². The van der Waals surface area contributed by atoms with E-state index in [2.05, 4.69) is 41.3 Å². The zero-order valence-electron chi connectivity index (χ0n) is 16.4. The van der Waals surface area contributed by atoms with Crippen LogP contribution in [0.3, 0.4) is 0 Å². The highest BCUT2D eigenvalue weighted by Gasteiger charge is 2.33. The van der Waals surface area contributed by atoms with E-state index in [-0.39, 0.29) is 17.9 Å². The number of allylic oxidation sites excluding steroid dienone is 1. The summed E-state index contributed by atoms with van der Waals surface area (Å²) in [5.41, 5.74) is 2.12. The van der Waals surface area contributed by atoms with E-state index in [1.807, 2.05) is 23.1 Å². The topological polar surface area (TPSA) is 23.6 Å². The third-order valence-corrected chi connectivity index (χ3v) is 6.70. The second kappa shape index (κ2) is 9.34. The molecule has 2 atom stereocenters. The van der Waals surface area contributed by atoms with Gasteiger partial charge in [-0.1, -0.05) is 71.8 Å². The smallest absolute Gasteiger partial charge is 0.231 e. The maximum Gasteiger partial charge on any atom is 0.231 e. The van der Waals surface area contributed by atoms with Crippen molar-refractivity contribution in [3.05, 3.63) is 81.9 Å². The first kappa shape index (κ1) is 20.5. The number of amides is 1. The number of halogens is 2. The average Bonchev–Trinajstić information content (AvgIpc) is 3.18. The molecule has 2 aromatic rings. The second-order valence-electron chi connectivity index (χ2n) is 7.86. The van der Waals surface area contributed by atoms with E-state index in [1.54, 1.807) is 6.07 Å². The van der Waals surface area contributed by atoms with Crippen molar-refractivity contribution in [2.45, 2.75) is 31.2 Å². The Morgan fingerprint density at radius 3 is 2.45 bits per heavy atom. The lowest BCUT2D eigenvalue weighted by Gasteiger charge is -2.35. The Labute approximate surface area is 182 Å². The van der Waals surface area contributed by atoms with Crippen LogP contribution >= 0.6 is 23.2 Å². The lowest BCUT2D eigenvalue weighted by Crippen LogP contribution is -2.42. The van der Waals surface area contributed by atoms with Crippen molar-refractivity contribution in [3.8, 4) is 0 Å². The Bertz CT molecular complexity index is 878. The van der Waals surface area contributed by atoms with Crippen LogP contribution in [-0.4, -0.2) is 41.9 Å². The number of rotatable bonds is 5. The fourth-order valence-corrected chi connectivity index (χ4v) is 4.68. The molecule has 5 heteroatoms. The van der Waals surface area contributed by atoms with E-state index in [0.717, 1.165) is 25.2 Å². The number of carbonyl (C=O) groups excluding carboxylic acids is 1. The van der Waals surface area contributed by atoms with Gasteiger partial charge in [0.25, 0.3) is 0 Å². The largest absolute Gasteiger partial charge is 0.330 e. The SMILES string of the molecule is O=C1C(c2ccc(Cl)c(Cl)c2)CC=CCN1[C@H](CN1CCCC1)c1ccccc1. The van der Waals surface area contributed by atoms with Gasteiger partial charge in [0.2, 0.25) is 5.91 Å². The monoisotopic (exact) mass is 428 g/mol. The number of carbonyl (C=O) groups is 1. The van der Waals surface area contributed by atoms with Crippen LogP contribution in [0.1, 0.15) is 42.3 Å². The van der Waals surface area contributed by atoms with Gasteiger partial charge in [-0.3, -0.25) is 4.79 Å². The zero-order chi connectivity index (χ0) is 20.2. The van der Waals surface area contributed by atoms with Crippen molar-refractivity contribution in [2.24, 2.45) is 0 Å². The predicted molar refractivity (Wildman–Crippen MR) is 120 cm³/mol. The molecule has 1 fully saturated rings. The molecule has 4 rings (SSSR count). The minimum absolute atomic E-state index is 0.0369. The molecule has 1 saturated heterocycles. The van der Waals surface area contributed by atoms with E-state index in [9.17, 15) is 4.79 Å². The molecule has 1 unspecified atom stereocenters. The summed E-state index contributed by atoms with van der Waals surface area (Å²) < 4.78 is 0. The number of hydrogen-bond donors (Lipinski definition) is 0. The molecule has 3 nitrogen and oxygen atoms in total. The summed E-state index contributed by atoms with van der Waals surface area (Å²) in [4.78, 5) is 18.2. The Morgan fingerprint density at radius 2 is 1.72 bits per heavy atom. The van der Waals surface area contributed by atoms with Crippen LogP contribution in [0, 0.1) is 0 Å². The molecule has 0 aliphatic carbocycles. The van der Waals surface area contributed by atoms with Crippen LogP contribution in [0.4, 0.5) is 0 Å². The van der Waals surface area contributed by atoms with Crippen LogP contribution in [-0.2, 0) is 4.79 Å². The molecule has 1 amide bonds. The molecule has 29 heavy (non-hydrogen) atoms. The standard InChI is InChI=1S/C24H26Cl2N2O/c25-21-12-11-19(16-22(21)26)20-10-4-5-15-28(24(20)29)23(17-27-13-6-7-14-27)18-8-2-1-3-9-18/h1-5,8-9,11-12,16,20,23H,6-7,10,13-15,17H2/t20?,23-/m1/s1. The van der Waals surface area contributed by atoms with Crippen LogP contribution in [0.25, 0.3) is 0 Å². The first-order chi connectivity index (χ1) is 14.1. The van der Waals surface area contributed by atoms with Gasteiger partial charge in [-0.05, 0) is 55.6 Å². The van der Waals surface area contributed by atoms with Crippen LogP contribution in [0.15, 0.2) is 60.7 Å². The lowest BCUT2D eigenvalue weighted by molar-refractivity contribution is -0.134. The molecular weight excluding hydrogens is 403 g/mol. The number of benzene rings is 2. The highest BCUT2D eigenvalue weighted by molar-refractivity contribution is 6.42. The Balaban J connectivity index is 1.66. The van der Waals surface area contributed by atoms with E-state index in [0.29, 0.717) is 23.0 Å². The van der Waals surface area contributed by atoms with Gasteiger partial charge in [-0.25, -0.2) is 0 Å². The molecular formula is C24H26Cl2N2O. The summed E-state index contributed by atoms with van der Waals surface area (Å²) in [7, 11) is 0. The summed E-state index contributed by atoms with van der Waals surface area (Å²) >= 11 is 12.3. The van der Waals surface area contributed by atoms with Crippen LogP contribution in [0.5, 0.6) is 0 Å². The first-order valence-electron chi connectivity index (χ1n) is 10.3. The fraction of sp³-hybridized carbons (Fsp3) is 0.375. The van der Waals surface area contributed by atoms with Crippen LogP contribution < -0.4 is 0 Å².